The van der Waals surface area contributed by atoms with E-state index in [1.54, 1.807) is 0 Å². The first-order valence-electron chi connectivity index (χ1n) is 4.47. The zero-order valence-corrected chi connectivity index (χ0v) is 9.64. The molecule has 3 nitrogen and oxygen atoms in total. The largest absolute Gasteiger partial charge is 0.479 e. The quantitative estimate of drug-likeness (QED) is 0.869. The standard InChI is InChI=1S/C10H7ClF4O3/c1-18-9(8(16)17,10(13,14)15)5-2-3-7(12)6(11)4-5/h2-4H,1H3,(H,16,17). The van der Waals surface area contributed by atoms with Crippen LogP contribution in [0.25, 0.3) is 0 Å². The van der Waals surface area contributed by atoms with Gasteiger partial charge in [-0.05, 0) is 12.1 Å². The van der Waals surface area contributed by atoms with Crippen molar-refractivity contribution in [2.45, 2.75) is 11.8 Å². The molecule has 100 valence electrons. The van der Waals surface area contributed by atoms with Crippen LogP contribution in [0.2, 0.25) is 5.02 Å². The molecule has 1 aromatic carbocycles. The maximum Gasteiger partial charge on any atom is 0.432 e. The predicted molar refractivity (Wildman–Crippen MR) is 53.8 cm³/mol. The number of halogens is 5. The fraction of sp³-hybridized carbons (Fsp3) is 0.300. The summed E-state index contributed by atoms with van der Waals surface area (Å²) in [5.41, 5.74) is -4.39. The Kier molecular flexibility index (Phi) is 3.87. The first-order valence-corrected chi connectivity index (χ1v) is 4.85. The Morgan fingerprint density at radius 3 is 2.28 bits per heavy atom. The van der Waals surface area contributed by atoms with Crippen LogP contribution in [0.4, 0.5) is 17.6 Å². The molecule has 0 amide bonds. The van der Waals surface area contributed by atoms with Crippen LogP contribution >= 0.6 is 11.6 Å². The third-order valence-electron chi connectivity index (χ3n) is 2.33. The van der Waals surface area contributed by atoms with Crippen LogP contribution in [0, 0.1) is 5.82 Å². The van der Waals surface area contributed by atoms with Gasteiger partial charge < -0.3 is 9.84 Å². The minimum Gasteiger partial charge on any atom is -0.479 e. The van der Waals surface area contributed by atoms with Crippen molar-refractivity contribution in [2.24, 2.45) is 0 Å². The molecular weight excluding hydrogens is 280 g/mol. The van der Waals surface area contributed by atoms with E-state index in [4.69, 9.17) is 16.7 Å². The summed E-state index contributed by atoms with van der Waals surface area (Å²) in [5, 5.41) is 8.17. The van der Waals surface area contributed by atoms with Crippen molar-refractivity contribution in [3.63, 3.8) is 0 Å². The molecule has 0 aliphatic heterocycles. The number of hydrogen-bond donors (Lipinski definition) is 1. The molecular formula is C10H7ClF4O3. The number of methoxy groups -OCH3 is 1. The van der Waals surface area contributed by atoms with Crippen LogP contribution in [-0.2, 0) is 15.1 Å². The average Bonchev–Trinajstić information content (AvgIpc) is 2.22. The minimum absolute atomic E-state index is 0.571. The van der Waals surface area contributed by atoms with Crippen LogP contribution in [0.15, 0.2) is 18.2 Å². The highest BCUT2D eigenvalue weighted by molar-refractivity contribution is 6.30. The lowest BCUT2D eigenvalue weighted by molar-refractivity contribution is -0.273. The maximum absolute atomic E-state index is 12.9. The molecule has 0 aliphatic rings. The van der Waals surface area contributed by atoms with Crippen LogP contribution in [0.3, 0.4) is 0 Å². The van der Waals surface area contributed by atoms with Crippen molar-refractivity contribution < 1.29 is 32.2 Å². The SMILES string of the molecule is COC(C(=O)O)(c1ccc(F)c(Cl)c1)C(F)(F)F. The average molecular weight is 287 g/mol. The van der Waals surface area contributed by atoms with E-state index in [0.29, 0.717) is 25.3 Å². The smallest absolute Gasteiger partial charge is 0.432 e. The van der Waals surface area contributed by atoms with E-state index < -0.39 is 34.1 Å². The van der Waals surface area contributed by atoms with Gasteiger partial charge in [-0.1, -0.05) is 17.7 Å². The summed E-state index contributed by atoms with van der Waals surface area (Å²) < 4.78 is 55.7. The maximum atomic E-state index is 12.9. The number of alkyl halides is 3. The van der Waals surface area contributed by atoms with Crippen molar-refractivity contribution in [3.8, 4) is 0 Å². The van der Waals surface area contributed by atoms with Crippen LogP contribution < -0.4 is 0 Å². The van der Waals surface area contributed by atoms with Gasteiger partial charge in [-0.25, -0.2) is 9.18 Å². The molecule has 0 aliphatic carbocycles. The zero-order valence-electron chi connectivity index (χ0n) is 8.89. The van der Waals surface area contributed by atoms with Crippen molar-refractivity contribution in [1.29, 1.82) is 0 Å². The molecule has 1 rings (SSSR count). The third kappa shape index (κ3) is 2.15. The highest BCUT2D eigenvalue weighted by atomic mass is 35.5. The van der Waals surface area contributed by atoms with Gasteiger partial charge in [0.15, 0.2) is 0 Å². The van der Waals surface area contributed by atoms with E-state index in [0.717, 1.165) is 0 Å². The Labute approximate surface area is 104 Å². The molecule has 0 saturated heterocycles. The van der Waals surface area contributed by atoms with E-state index in [1.807, 2.05) is 0 Å². The van der Waals surface area contributed by atoms with Gasteiger partial charge in [0.1, 0.15) is 5.82 Å². The molecule has 0 aromatic heterocycles. The number of rotatable bonds is 3. The van der Waals surface area contributed by atoms with E-state index in [1.165, 1.54) is 0 Å². The Morgan fingerprint density at radius 2 is 1.94 bits per heavy atom. The van der Waals surface area contributed by atoms with Crippen molar-refractivity contribution in [2.75, 3.05) is 7.11 Å². The lowest BCUT2D eigenvalue weighted by Crippen LogP contribution is -2.50. The number of hydrogen-bond acceptors (Lipinski definition) is 2. The van der Waals surface area contributed by atoms with Gasteiger partial charge in [0, 0.05) is 12.7 Å². The van der Waals surface area contributed by atoms with Gasteiger partial charge in [-0.15, -0.1) is 0 Å². The third-order valence-corrected chi connectivity index (χ3v) is 2.62. The van der Waals surface area contributed by atoms with Gasteiger partial charge in [-0.2, -0.15) is 13.2 Å². The van der Waals surface area contributed by atoms with Crippen molar-refractivity contribution in [1.82, 2.24) is 0 Å². The Hall–Kier alpha value is -1.34. The number of aliphatic carboxylic acids is 1. The van der Waals surface area contributed by atoms with Gasteiger partial charge in [0.25, 0.3) is 5.60 Å². The molecule has 0 saturated carbocycles. The fourth-order valence-electron chi connectivity index (χ4n) is 1.44. The first-order chi connectivity index (χ1) is 8.16. The van der Waals surface area contributed by atoms with E-state index in [-0.39, 0.29) is 0 Å². The van der Waals surface area contributed by atoms with Crippen LogP contribution in [0.1, 0.15) is 5.56 Å². The molecule has 0 bridgehead atoms. The zero-order chi connectivity index (χ0) is 14.1. The van der Waals surface area contributed by atoms with E-state index in [9.17, 15) is 22.4 Å². The van der Waals surface area contributed by atoms with Gasteiger partial charge >= 0.3 is 12.1 Å². The Morgan fingerprint density at radius 1 is 1.39 bits per heavy atom. The number of carboxylic acid groups (broad SMARTS) is 1. The van der Waals surface area contributed by atoms with Gasteiger partial charge in [0.05, 0.1) is 5.02 Å². The predicted octanol–water partition coefficient (Wildman–Crippen LogP) is 2.97. The van der Waals surface area contributed by atoms with Crippen LogP contribution in [0.5, 0.6) is 0 Å². The summed E-state index contributed by atoms with van der Waals surface area (Å²) in [5.74, 6) is -3.22. The minimum atomic E-state index is -5.23. The summed E-state index contributed by atoms with van der Waals surface area (Å²) in [6.07, 6.45) is -5.23. The summed E-state index contributed by atoms with van der Waals surface area (Å²) >= 11 is 5.34. The lowest BCUT2D eigenvalue weighted by atomic mass is 9.93. The number of benzene rings is 1. The molecule has 1 atom stereocenters. The molecule has 0 heterocycles. The normalized spacial score (nSPS) is 15.2. The number of carboxylic acids is 1. The second-order valence-electron chi connectivity index (χ2n) is 3.32. The molecule has 18 heavy (non-hydrogen) atoms. The van der Waals surface area contributed by atoms with E-state index in [2.05, 4.69) is 4.74 Å². The first kappa shape index (κ1) is 14.7. The summed E-state index contributed by atoms with van der Waals surface area (Å²) in [6, 6.07) is 1.87. The lowest BCUT2D eigenvalue weighted by Gasteiger charge is -2.30. The molecule has 0 radical (unpaired) electrons. The molecule has 8 heteroatoms. The Balaban J connectivity index is 3.53. The van der Waals surface area contributed by atoms with Crippen molar-refractivity contribution in [3.05, 3.63) is 34.6 Å². The molecule has 0 fully saturated rings. The summed E-state index contributed by atoms with van der Waals surface area (Å²) in [7, 11) is 0.596. The molecule has 0 spiro atoms. The van der Waals surface area contributed by atoms with Gasteiger partial charge in [-0.3, -0.25) is 0 Å². The monoisotopic (exact) mass is 286 g/mol. The molecule has 1 aromatic rings. The fourth-order valence-corrected chi connectivity index (χ4v) is 1.62. The van der Waals surface area contributed by atoms with Gasteiger partial charge in [0.2, 0.25) is 0 Å². The molecule has 1 N–H and O–H groups in total. The topological polar surface area (TPSA) is 46.5 Å². The highest BCUT2D eigenvalue weighted by Gasteiger charge is 2.63. The number of ether oxygens (including phenoxy) is 1. The second-order valence-corrected chi connectivity index (χ2v) is 3.72. The Bertz CT molecular complexity index is 475. The van der Waals surface area contributed by atoms with E-state index >= 15 is 0 Å². The second kappa shape index (κ2) is 4.74. The summed E-state index contributed by atoms with van der Waals surface area (Å²) in [4.78, 5) is 10.9. The number of carbonyl (C=O) groups is 1. The van der Waals surface area contributed by atoms with Crippen LogP contribution in [-0.4, -0.2) is 24.4 Å². The summed E-state index contributed by atoms with van der Waals surface area (Å²) in [6.45, 7) is 0. The molecule has 1 unspecified atom stereocenters. The highest BCUT2D eigenvalue weighted by Crippen LogP contribution is 2.42. The van der Waals surface area contributed by atoms with Crippen molar-refractivity contribution >= 4 is 17.6 Å².